The summed E-state index contributed by atoms with van der Waals surface area (Å²) in [5.41, 5.74) is 0.530. The van der Waals surface area contributed by atoms with Crippen LogP contribution in [0.2, 0.25) is 0 Å². The van der Waals surface area contributed by atoms with E-state index in [2.05, 4.69) is 38.8 Å². The summed E-state index contributed by atoms with van der Waals surface area (Å²) in [6, 6.07) is 7.03. The van der Waals surface area contributed by atoms with Gasteiger partial charge < -0.3 is 4.74 Å². The van der Waals surface area contributed by atoms with E-state index in [-0.39, 0.29) is 0 Å². The van der Waals surface area contributed by atoms with E-state index in [1.165, 1.54) is 44.9 Å². The summed E-state index contributed by atoms with van der Waals surface area (Å²) < 4.78 is 17.6. The molecule has 0 heterocycles. The van der Waals surface area contributed by atoms with Crippen molar-refractivity contribution in [2.45, 2.75) is 61.8 Å². The second kappa shape index (κ2) is 10.6. The summed E-state index contributed by atoms with van der Waals surface area (Å²) in [6.07, 6.45) is 10.3. The molecule has 0 spiro atoms. The molecule has 1 aromatic rings. The van der Waals surface area contributed by atoms with Gasteiger partial charge in [-0.1, -0.05) is 64.0 Å². The number of halogens is 3. The van der Waals surface area contributed by atoms with Crippen LogP contribution in [0.1, 0.15) is 63.9 Å². The summed E-state index contributed by atoms with van der Waals surface area (Å²) in [7, 11) is 0. The maximum atomic E-state index is 13.5. The Hall–Kier alpha value is -0.0900. The molecule has 0 amide bonds. The summed E-state index contributed by atoms with van der Waals surface area (Å²) >= 11 is 5.85. The van der Waals surface area contributed by atoms with E-state index < -0.39 is 3.49 Å². The van der Waals surface area contributed by atoms with Gasteiger partial charge in [0.1, 0.15) is 5.75 Å². The monoisotopic (exact) mass is 422 g/mol. The van der Waals surface area contributed by atoms with E-state index in [4.69, 9.17) is 4.74 Å². The van der Waals surface area contributed by atoms with Gasteiger partial charge in [-0.05, 0) is 50.4 Å². The minimum Gasteiger partial charge on any atom is -0.494 e. The second-order valence-electron chi connectivity index (χ2n) is 5.35. The Bertz CT molecular complexity index is 373. The standard InChI is InChI=1S/C17H25Br2FO/c1-2-3-4-5-6-7-8-9-14-21-16-12-10-15(11-13-16)17(18,19)20/h10-13H,2-9,14H2,1H3. The van der Waals surface area contributed by atoms with Crippen molar-refractivity contribution in [3.63, 3.8) is 0 Å². The molecule has 0 aliphatic rings. The molecule has 120 valence electrons. The third kappa shape index (κ3) is 8.82. The minimum absolute atomic E-state index is 0.530. The number of hydrogen-bond acceptors (Lipinski definition) is 1. The molecule has 0 aromatic heterocycles. The van der Waals surface area contributed by atoms with Gasteiger partial charge >= 0.3 is 0 Å². The fourth-order valence-electron chi connectivity index (χ4n) is 2.17. The summed E-state index contributed by atoms with van der Waals surface area (Å²) in [5, 5.41) is 0. The van der Waals surface area contributed by atoms with Gasteiger partial charge in [-0.2, -0.15) is 0 Å². The number of unbranched alkanes of at least 4 members (excludes halogenated alkanes) is 7. The molecule has 0 aliphatic carbocycles. The quantitative estimate of drug-likeness (QED) is 0.273. The molecule has 0 radical (unpaired) electrons. The van der Waals surface area contributed by atoms with Crippen LogP contribution in [0.25, 0.3) is 0 Å². The van der Waals surface area contributed by atoms with Gasteiger partial charge in [-0.3, -0.25) is 0 Å². The van der Waals surface area contributed by atoms with Gasteiger partial charge in [0.15, 0.2) is 0 Å². The fourth-order valence-corrected chi connectivity index (χ4v) is 2.69. The average Bonchev–Trinajstić information content (AvgIpc) is 2.45. The van der Waals surface area contributed by atoms with E-state index in [9.17, 15) is 4.39 Å². The van der Waals surface area contributed by atoms with Crippen molar-refractivity contribution in [3.8, 4) is 5.75 Å². The summed E-state index contributed by atoms with van der Waals surface area (Å²) in [6.45, 7) is 2.98. The second-order valence-corrected chi connectivity index (χ2v) is 8.60. The van der Waals surface area contributed by atoms with Crippen LogP contribution in [0.4, 0.5) is 4.39 Å². The molecule has 21 heavy (non-hydrogen) atoms. The first-order valence-corrected chi connectivity index (χ1v) is 9.42. The first-order valence-electron chi connectivity index (χ1n) is 7.84. The zero-order valence-electron chi connectivity index (χ0n) is 12.7. The largest absolute Gasteiger partial charge is 0.494 e. The molecule has 0 bridgehead atoms. The average molecular weight is 424 g/mol. The van der Waals surface area contributed by atoms with Crippen molar-refractivity contribution < 1.29 is 9.13 Å². The van der Waals surface area contributed by atoms with Crippen LogP contribution in [0.15, 0.2) is 24.3 Å². The Morgan fingerprint density at radius 3 is 1.95 bits per heavy atom. The molecule has 1 nitrogen and oxygen atoms in total. The highest BCUT2D eigenvalue weighted by molar-refractivity contribution is 9.24. The molecule has 0 unspecified atom stereocenters. The number of hydrogen-bond donors (Lipinski definition) is 0. The van der Waals surface area contributed by atoms with Gasteiger partial charge in [0, 0.05) is 5.56 Å². The lowest BCUT2D eigenvalue weighted by atomic mass is 10.1. The van der Waals surface area contributed by atoms with Crippen LogP contribution >= 0.6 is 31.9 Å². The first kappa shape index (κ1) is 19.0. The summed E-state index contributed by atoms with van der Waals surface area (Å²) in [4.78, 5) is 0. The highest BCUT2D eigenvalue weighted by Crippen LogP contribution is 2.39. The molecule has 1 rings (SSSR count). The number of benzene rings is 1. The molecule has 0 atom stereocenters. The van der Waals surface area contributed by atoms with Crippen molar-refractivity contribution in [3.05, 3.63) is 29.8 Å². The molecule has 0 saturated carbocycles. The summed E-state index contributed by atoms with van der Waals surface area (Å²) in [5.74, 6) is 0.797. The lowest BCUT2D eigenvalue weighted by Gasteiger charge is -2.11. The zero-order valence-corrected chi connectivity index (χ0v) is 15.9. The lowest BCUT2D eigenvalue weighted by molar-refractivity contribution is 0.304. The maximum Gasteiger partial charge on any atom is 0.244 e. The van der Waals surface area contributed by atoms with Crippen LogP contribution in [0.5, 0.6) is 5.75 Å². The molecular weight excluding hydrogens is 399 g/mol. The van der Waals surface area contributed by atoms with Crippen molar-refractivity contribution in [2.75, 3.05) is 6.61 Å². The molecule has 4 heteroatoms. The predicted octanol–water partition coefficient (Wildman–Crippen LogP) is 7.08. The highest BCUT2D eigenvalue weighted by Gasteiger charge is 2.23. The minimum atomic E-state index is -1.66. The Labute approximate surface area is 144 Å². The SMILES string of the molecule is CCCCCCCCCCOc1ccc(C(F)(Br)Br)cc1. The van der Waals surface area contributed by atoms with Gasteiger partial charge in [-0.15, -0.1) is 0 Å². The van der Waals surface area contributed by atoms with Crippen LogP contribution < -0.4 is 4.74 Å². The normalized spacial score (nSPS) is 11.6. The Kier molecular flexibility index (Phi) is 9.57. The van der Waals surface area contributed by atoms with Gasteiger partial charge in [0.05, 0.1) is 6.61 Å². The third-order valence-corrected chi connectivity index (χ3v) is 4.36. The van der Waals surface area contributed by atoms with E-state index in [1.807, 2.05) is 0 Å². The van der Waals surface area contributed by atoms with Gasteiger partial charge in [0.25, 0.3) is 0 Å². The highest BCUT2D eigenvalue weighted by atomic mass is 79.9. The molecule has 0 saturated heterocycles. The topological polar surface area (TPSA) is 9.23 Å². The molecule has 0 fully saturated rings. The lowest BCUT2D eigenvalue weighted by Crippen LogP contribution is -2.01. The van der Waals surface area contributed by atoms with Crippen LogP contribution in [0.3, 0.4) is 0 Å². The zero-order chi connectivity index (χ0) is 15.6. The number of ether oxygens (including phenoxy) is 1. The van der Waals surface area contributed by atoms with E-state index in [0.29, 0.717) is 5.56 Å². The van der Waals surface area contributed by atoms with E-state index in [0.717, 1.165) is 18.8 Å². The number of alkyl halides is 3. The smallest absolute Gasteiger partial charge is 0.244 e. The molecular formula is C17H25Br2FO. The van der Waals surface area contributed by atoms with E-state index >= 15 is 0 Å². The number of rotatable bonds is 11. The first-order chi connectivity index (χ1) is 10.0. The maximum absolute atomic E-state index is 13.5. The van der Waals surface area contributed by atoms with Crippen LogP contribution in [0, 0.1) is 0 Å². The molecule has 1 aromatic carbocycles. The third-order valence-electron chi connectivity index (χ3n) is 3.45. The van der Waals surface area contributed by atoms with Gasteiger partial charge in [0.2, 0.25) is 3.49 Å². The molecule has 0 aliphatic heterocycles. The fraction of sp³-hybridized carbons (Fsp3) is 0.647. The Balaban J connectivity index is 2.08. The molecule has 0 N–H and O–H groups in total. The van der Waals surface area contributed by atoms with Crippen molar-refractivity contribution in [1.82, 2.24) is 0 Å². The van der Waals surface area contributed by atoms with E-state index in [1.54, 1.807) is 24.3 Å². The predicted molar refractivity (Wildman–Crippen MR) is 95.2 cm³/mol. The van der Waals surface area contributed by atoms with Crippen LogP contribution in [-0.2, 0) is 3.49 Å². The van der Waals surface area contributed by atoms with Crippen molar-refractivity contribution in [2.24, 2.45) is 0 Å². The Morgan fingerprint density at radius 2 is 1.43 bits per heavy atom. The Morgan fingerprint density at radius 1 is 0.905 bits per heavy atom. The van der Waals surface area contributed by atoms with Gasteiger partial charge in [-0.25, -0.2) is 4.39 Å². The van der Waals surface area contributed by atoms with Crippen molar-refractivity contribution >= 4 is 31.9 Å². The van der Waals surface area contributed by atoms with Crippen LogP contribution in [-0.4, -0.2) is 6.61 Å². The van der Waals surface area contributed by atoms with Crippen molar-refractivity contribution in [1.29, 1.82) is 0 Å².